The van der Waals surface area contributed by atoms with Crippen LogP contribution < -0.4 is 10.1 Å². The highest BCUT2D eigenvalue weighted by Crippen LogP contribution is 2.40. The lowest BCUT2D eigenvalue weighted by molar-refractivity contribution is 0.103. The Bertz CT molecular complexity index is 486. The van der Waals surface area contributed by atoms with Crippen molar-refractivity contribution in [3.8, 4) is 11.5 Å². The second-order valence-corrected chi connectivity index (χ2v) is 6.79. The maximum atomic E-state index is 10.0. The number of phenolic OH excluding ortho intramolecular Hbond substituents is 1. The zero-order valence-electron chi connectivity index (χ0n) is 15.1. The summed E-state index contributed by atoms with van der Waals surface area (Å²) < 4.78 is 5.62. The molecule has 25 heavy (non-hydrogen) atoms. The van der Waals surface area contributed by atoms with Crippen molar-refractivity contribution in [2.75, 3.05) is 32.8 Å². The highest BCUT2D eigenvalue weighted by atomic mass is 35.5. The molecule has 0 amide bonds. The smallest absolute Gasteiger partial charge is 0.161 e. The third-order valence-electron chi connectivity index (χ3n) is 5.27. The number of phenols is 1. The standard InChI is InChI=1S/C19H30N2O2.2ClH/c1-2-23-18-14-16(8-9-17(18)22)19(15-6-4-3-5-7-15)21-12-10-20-11-13-21;;/h8-9,14-15,19-20,22H,2-7,10-13H2,1H3;2*1H/t19-;;/m0../s1. The van der Waals surface area contributed by atoms with Gasteiger partial charge in [0, 0.05) is 32.2 Å². The number of halogens is 2. The largest absolute Gasteiger partial charge is 0.504 e. The van der Waals surface area contributed by atoms with Gasteiger partial charge in [0.2, 0.25) is 0 Å². The fourth-order valence-electron chi connectivity index (χ4n) is 4.18. The quantitative estimate of drug-likeness (QED) is 0.791. The van der Waals surface area contributed by atoms with Crippen molar-refractivity contribution < 1.29 is 9.84 Å². The fraction of sp³-hybridized carbons (Fsp3) is 0.684. The minimum absolute atomic E-state index is 0. The molecule has 3 rings (SSSR count). The van der Waals surface area contributed by atoms with Crippen molar-refractivity contribution in [1.29, 1.82) is 0 Å². The summed E-state index contributed by atoms with van der Waals surface area (Å²) in [4.78, 5) is 2.63. The van der Waals surface area contributed by atoms with Crippen LogP contribution in [0.25, 0.3) is 0 Å². The number of piperazine rings is 1. The van der Waals surface area contributed by atoms with Crippen LogP contribution in [-0.4, -0.2) is 42.8 Å². The molecule has 6 heteroatoms. The highest BCUT2D eigenvalue weighted by Gasteiger charge is 2.31. The summed E-state index contributed by atoms with van der Waals surface area (Å²) in [6, 6.07) is 6.43. The molecule has 1 aromatic rings. The molecule has 1 saturated carbocycles. The molecule has 0 aromatic heterocycles. The minimum atomic E-state index is 0. The van der Waals surface area contributed by atoms with Crippen molar-refractivity contribution >= 4 is 24.8 Å². The Morgan fingerprint density at radius 2 is 1.84 bits per heavy atom. The lowest BCUT2D eigenvalue weighted by Crippen LogP contribution is -2.47. The average Bonchev–Trinajstić information content (AvgIpc) is 2.60. The minimum Gasteiger partial charge on any atom is -0.504 e. The first-order chi connectivity index (χ1) is 11.3. The second kappa shape index (κ2) is 11.1. The van der Waals surface area contributed by atoms with Crippen molar-refractivity contribution in [2.24, 2.45) is 5.92 Å². The van der Waals surface area contributed by atoms with Crippen LogP contribution in [0.4, 0.5) is 0 Å². The molecule has 1 aliphatic heterocycles. The van der Waals surface area contributed by atoms with Gasteiger partial charge in [-0.25, -0.2) is 0 Å². The molecular weight excluding hydrogens is 359 g/mol. The molecule has 1 aromatic carbocycles. The molecule has 1 atom stereocenters. The number of ether oxygens (including phenoxy) is 1. The molecule has 144 valence electrons. The second-order valence-electron chi connectivity index (χ2n) is 6.79. The molecular formula is C19H32Cl2N2O2. The first kappa shape index (κ1) is 22.4. The summed E-state index contributed by atoms with van der Waals surface area (Å²) in [7, 11) is 0. The van der Waals surface area contributed by atoms with Crippen LogP contribution in [0.15, 0.2) is 18.2 Å². The molecule has 0 bridgehead atoms. The van der Waals surface area contributed by atoms with Crippen LogP contribution >= 0.6 is 24.8 Å². The molecule has 0 unspecified atom stereocenters. The van der Waals surface area contributed by atoms with Crippen molar-refractivity contribution in [3.05, 3.63) is 23.8 Å². The van der Waals surface area contributed by atoms with E-state index in [1.807, 2.05) is 6.92 Å². The summed E-state index contributed by atoms with van der Waals surface area (Å²) in [6.07, 6.45) is 6.72. The van der Waals surface area contributed by atoms with E-state index in [0.717, 1.165) is 32.1 Å². The van der Waals surface area contributed by atoms with Gasteiger partial charge in [-0.15, -0.1) is 24.8 Å². The van der Waals surface area contributed by atoms with Gasteiger partial charge >= 0.3 is 0 Å². The Hall–Kier alpha value is -0.680. The predicted octanol–water partition coefficient (Wildman–Crippen LogP) is 4.16. The van der Waals surface area contributed by atoms with Crippen molar-refractivity contribution in [3.63, 3.8) is 0 Å². The number of benzene rings is 1. The molecule has 0 spiro atoms. The predicted molar refractivity (Wildman–Crippen MR) is 108 cm³/mol. The van der Waals surface area contributed by atoms with Gasteiger partial charge in [0.1, 0.15) is 0 Å². The number of nitrogens with one attached hydrogen (secondary N) is 1. The molecule has 1 saturated heterocycles. The number of hydrogen-bond acceptors (Lipinski definition) is 4. The maximum absolute atomic E-state index is 10.0. The maximum Gasteiger partial charge on any atom is 0.161 e. The van der Waals surface area contributed by atoms with E-state index in [1.54, 1.807) is 6.07 Å². The topological polar surface area (TPSA) is 44.7 Å². The first-order valence-corrected chi connectivity index (χ1v) is 9.20. The normalized spacial score (nSPS) is 20.2. The van der Waals surface area contributed by atoms with Crippen LogP contribution in [0, 0.1) is 5.92 Å². The molecule has 1 heterocycles. The third-order valence-corrected chi connectivity index (χ3v) is 5.27. The summed E-state index contributed by atoms with van der Waals surface area (Å²) in [6.45, 7) is 6.89. The average molecular weight is 391 g/mol. The van der Waals surface area contributed by atoms with E-state index in [9.17, 15) is 5.11 Å². The first-order valence-electron chi connectivity index (χ1n) is 9.20. The number of nitrogens with zero attached hydrogens (tertiary/aromatic N) is 1. The fourth-order valence-corrected chi connectivity index (χ4v) is 4.18. The summed E-state index contributed by atoms with van der Waals surface area (Å²) in [5, 5.41) is 13.5. The van der Waals surface area contributed by atoms with Gasteiger partial charge in [-0.1, -0.05) is 25.3 Å². The molecule has 0 radical (unpaired) electrons. The number of aromatic hydroxyl groups is 1. The van der Waals surface area contributed by atoms with Crippen LogP contribution in [0.3, 0.4) is 0 Å². The SMILES string of the molecule is CCOc1cc([C@H](C2CCCCC2)N2CCNCC2)ccc1O.Cl.Cl. The number of hydrogen-bond donors (Lipinski definition) is 2. The van der Waals surface area contributed by atoms with Gasteiger partial charge in [-0.2, -0.15) is 0 Å². The Balaban J connectivity index is 0.00000156. The summed E-state index contributed by atoms with van der Waals surface area (Å²) in [5.41, 5.74) is 1.31. The zero-order chi connectivity index (χ0) is 16.1. The van der Waals surface area contributed by atoms with E-state index in [0.29, 0.717) is 18.4 Å². The van der Waals surface area contributed by atoms with Crippen LogP contribution in [0.2, 0.25) is 0 Å². The monoisotopic (exact) mass is 390 g/mol. The van der Waals surface area contributed by atoms with Gasteiger partial charge < -0.3 is 15.2 Å². The summed E-state index contributed by atoms with van der Waals surface area (Å²) >= 11 is 0. The lowest BCUT2D eigenvalue weighted by Gasteiger charge is -2.41. The summed E-state index contributed by atoms with van der Waals surface area (Å²) in [5.74, 6) is 1.60. The van der Waals surface area contributed by atoms with Gasteiger partial charge in [0.25, 0.3) is 0 Å². The van der Waals surface area contributed by atoms with Gasteiger partial charge in [0.15, 0.2) is 11.5 Å². The van der Waals surface area contributed by atoms with E-state index in [2.05, 4.69) is 22.3 Å². The van der Waals surface area contributed by atoms with Gasteiger partial charge in [-0.05, 0) is 43.4 Å². The Labute approximate surface area is 164 Å². The van der Waals surface area contributed by atoms with E-state index < -0.39 is 0 Å². The molecule has 2 N–H and O–H groups in total. The molecule has 2 fully saturated rings. The third kappa shape index (κ3) is 5.65. The van der Waals surface area contributed by atoms with Crippen molar-refractivity contribution in [2.45, 2.75) is 45.1 Å². The Morgan fingerprint density at radius 1 is 1.16 bits per heavy atom. The van der Waals surface area contributed by atoms with Crippen LogP contribution in [0.1, 0.15) is 50.6 Å². The zero-order valence-corrected chi connectivity index (χ0v) is 16.7. The van der Waals surface area contributed by atoms with E-state index in [4.69, 9.17) is 4.74 Å². The Kier molecular flexibility index (Phi) is 9.95. The lowest BCUT2D eigenvalue weighted by atomic mass is 9.80. The van der Waals surface area contributed by atoms with Crippen LogP contribution in [-0.2, 0) is 0 Å². The molecule has 1 aliphatic carbocycles. The highest BCUT2D eigenvalue weighted by molar-refractivity contribution is 5.85. The molecule has 4 nitrogen and oxygen atoms in total. The van der Waals surface area contributed by atoms with E-state index in [1.165, 1.54) is 37.7 Å². The number of rotatable bonds is 5. The van der Waals surface area contributed by atoms with E-state index in [-0.39, 0.29) is 30.6 Å². The van der Waals surface area contributed by atoms with Crippen LogP contribution in [0.5, 0.6) is 11.5 Å². The van der Waals surface area contributed by atoms with E-state index >= 15 is 0 Å². The van der Waals surface area contributed by atoms with Gasteiger partial charge in [0.05, 0.1) is 6.61 Å². The molecule has 2 aliphatic rings. The van der Waals surface area contributed by atoms with Gasteiger partial charge in [-0.3, -0.25) is 4.90 Å². The van der Waals surface area contributed by atoms with Crippen molar-refractivity contribution in [1.82, 2.24) is 10.2 Å². The Morgan fingerprint density at radius 3 is 2.48 bits per heavy atom.